The van der Waals surface area contributed by atoms with Crippen molar-refractivity contribution < 1.29 is 19.4 Å². The molecule has 1 aliphatic heterocycles. The molecule has 0 saturated carbocycles. The third kappa shape index (κ3) is 2.97. The van der Waals surface area contributed by atoms with Crippen molar-refractivity contribution in [2.45, 2.75) is 18.9 Å². The fourth-order valence-electron chi connectivity index (χ4n) is 3.23. The van der Waals surface area contributed by atoms with Crippen molar-refractivity contribution in [3.63, 3.8) is 0 Å². The van der Waals surface area contributed by atoms with Crippen LogP contribution in [-0.4, -0.2) is 24.1 Å². The Morgan fingerprint density at radius 1 is 1.12 bits per heavy atom. The summed E-state index contributed by atoms with van der Waals surface area (Å²) in [7, 11) is 1.58. The van der Waals surface area contributed by atoms with Gasteiger partial charge in [0.2, 0.25) is 5.91 Å². The van der Waals surface area contributed by atoms with E-state index in [2.05, 4.69) is 0 Å². The Morgan fingerprint density at radius 2 is 1.79 bits per heavy atom. The summed E-state index contributed by atoms with van der Waals surface area (Å²) in [4.78, 5) is 26.0. The molecule has 2 aromatic carbocycles. The lowest BCUT2D eigenvalue weighted by Crippen LogP contribution is -2.45. The second kappa shape index (κ2) is 6.74. The minimum Gasteiger partial charge on any atom is -0.497 e. The lowest BCUT2D eigenvalue weighted by Gasteiger charge is -2.39. The highest BCUT2D eigenvalue weighted by molar-refractivity contribution is 5.96. The standard InChI is InChI=1S/C19H19NO4/c1-24-15-9-7-14(8-10-15)20-17(21)12-11-16(19(22)23)18(20)13-5-3-2-4-6-13/h2-10,16,18H,11-12H2,1H3,(H,22,23)/t16-,18+/m0/s1. The van der Waals surface area contributed by atoms with E-state index in [0.717, 1.165) is 5.56 Å². The molecule has 0 radical (unpaired) electrons. The number of nitrogens with zero attached hydrogens (tertiary/aromatic N) is 1. The molecule has 1 saturated heterocycles. The van der Waals surface area contributed by atoms with Gasteiger partial charge in [-0.1, -0.05) is 30.3 Å². The highest BCUT2D eigenvalue weighted by atomic mass is 16.5. The number of amides is 1. The molecule has 3 rings (SSSR count). The maximum atomic E-state index is 12.6. The monoisotopic (exact) mass is 325 g/mol. The molecule has 2 aromatic rings. The quantitative estimate of drug-likeness (QED) is 0.937. The van der Waals surface area contributed by atoms with E-state index in [1.807, 2.05) is 30.3 Å². The van der Waals surface area contributed by atoms with Crippen LogP contribution in [0.25, 0.3) is 0 Å². The summed E-state index contributed by atoms with van der Waals surface area (Å²) in [5, 5.41) is 9.65. The normalized spacial score (nSPS) is 20.7. The van der Waals surface area contributed by atoms with E-state index in [0.29, 0.717) is 17.9 Å². The fourth-order valence-corrected chi connectivity index (χ4v) is 3.23. The number of hydrogen-bond acceptors (Lipinski definition) is 3. The number of hydrogen-bond donors (Lipinski definition) is 1. The van der Waals surface area contributed by atoms with Crippen LogP contribution in [0.5, 0.6) is 5.75 Å². The van der Waals surface area contributed by atoms with E-state index in [9.17, 15) is 14.7 Å². The second-order valence-corrected chi connectivity index (χ2v) is 5.80. The van der Waals surface area contributed by atoms with Gasteiger partial charge in [0.15, 0.2) is 0 Å². The summed E-state index contributed by atoms with van der Waals surface area (Å²) in [5.41, 5.74) is 1.51. The molecule has 1 fully saturated rings. The lowest BCUT2D eigenvalue weighted by atomic mass is 9.84. The van der Waals surface area contributed by atoms with Gasteiger partial charge >= 0.3 is 5.97 Å². The predicted octanol–water partition coefficient (Wildman–Crippen LogP) is 3.26. The van der Waals surface area contributed by atoms with Crippen molar-refractivity contribution >= 4 is 17.6 Å². The predicted molar refractivity (Wildman–Crippen MR) is 90.0 cm³/mol. The minimum atomic E-state index is -0.880. The highest BCUT2D eigenvalue weighted by Crippen LogP contribution is 2.40. The van der Waals surface area contributed by atoms with E-state index < -0.39 is 17.9 Å². The van der Waals surface area contributed by atoms with E-state index in [-0.39, 0.29) is 12.3 Å². The van der Waals surface area contributed by atoms with Crippen LogP contribution in [0.1, 0.15) is 24.4 Å². The Hall–Kier alpha value is -2.82. The molecular formula is C19H19NO4. The molecule has 2 atom stereocenters. The topological polar surface area (TPSA) is 66.8 Å². The highest BCUT2D eigenvalue weighted by Gasteiger charge is 2.41. The minimum absolute atomic E-state index is 0.0634. The molecule has 0 spiro atoms. The van der Waals surface area contributed by atoms with Crippen molar-refractivity contribution in [1.29, 1.82) is 0 Å². The van der Waals surface area contributed by atoms with Gasteiger partial charge in [0, 0.05) is 12.1 Å². The molecule has 0 aromatic heterocycles. The van der Waals surface area contributed by atoms with Gasteiger partial charge < -0.3 is 14.7 Å². The van der Waals surface area contributed by atoms with Gasteiger partial charge in [-0.2, -0.15) is 0 Å². The summed E-state index contributed by atoms with van der Waals surface area (Å²) in [5.74, 6) is -0.886. The Morgan fingerprint density at radius 3 is 2.38 bits per heavy atom. The Kier molecular flexibility index (Phi) is 4.51. The van der Waals surface area contributed by atoms with Crippen LogP contribution in [0, 0.1) is 5.92 Å². The molecule has 5 nitrogen and oxygen atoms in total. The maximum absolute atomic E-state index is 12.6. The number of rotatable bonds is 4. The third-order valence-electron chi connectivity index (χ3n) is 4.41. The molecule has 24 heavy (non-hydrogen) atoms. The number of piperidine rings is 1. The zero-order valence-electron chi connectivity index (χ0n) is 13.4. The first kappa shape index (κ1) is 16.1. The van der Waals surface area contributed by atoms with Crippen LogP contribution in [0.3, 0.4) is 0 Å². The van der Waals surface area contributed by atoms with Crippen molar-refractivity contribution in [1.82, 2.24) is 0 Å². The summed E-state index contributed by atoms with van der Waals surface area (Å²) in [6.45, 7) is 0. The molecular weight excluding hydrogens is 306 g/mol. The van der Waals surface area contributed by atoms with Crippen molar-refractivity contribution in [3.8, 4) is 5.75 Å². The average Bonchev–Trinajstić information content (AvgIpc) is 2.62. The van der Waals surface area contributed by atoms with Gasteiger partial charge in [0.25, 0.3) is 0 Å². The zero-order valence-corrected chi connectivity index (χ0v) is 13.4. The average molecular weight is 325 g/mol. The molecule has 1 N–H and O–H groups in total. The van der Waals surface area contributed by atoms with Gasteiger partial charge in [0.05, 0.1) is 19.1 Å². The summed E-state index contributed by atoms with van der Waals surface area (Å²) in [6, 6.07) is 15.9. The maximum Gasteiger partial charge on any atom is 0.308 e. The lowest BCUT2D eigenvalue weighted by molar-refractivity contribution is -0.144. The third-order valence-corrected chi connectivity index (χ3v) is 4.41. The van der Waals surface area contributed by atoms with Crippen molar-refractivity contribution in [3.05, 3.63) is 60.2 Å². The van der Waals surface area contributed by atoms with Crippen LogP contribution in [-0.2, 0) is 9.59 Å². The smallest absolute Gasteiger partial charge is 0.308 e. The number of methoxy groups -OCH3 is 1. The van der Waals surface area contributed by atoms with Gasteiger partial charge in [-0.25, -0.2) is 0 Å². The molecule has 1 aliphatic rings. The van der Waals surface area contributed by atoms with Crippen LogP contribution in [0.4, 0.5) is 5.69 Å². The number of anilines is 1. The van der Waals surface area contributed by atoms with E-state index >= 15 is 0 Å². The van der Waals surface area contributed by atoms with Crippen LogP contribution in [0.15, 0.2) is 54.6 Å². The number of carboxylic acids is 1. The SMILES string of the molecule is COc1ccc(N2C(=O)CC[C@H](C(=O)O)[C@H]2c2ccccc2)cc1. The first-order valence-electron chi connectivity index (χ1n) is 7.85. The largest absolute Gasteiger partial charge is 0.497 e. The van der Waals surface area contributed by atoms with Crippen molar-refractivity contribution in [2.75, 3.05) is 12.0 Å². The first-order valence-corrected chi connectivity index (χ1v) is 7.85. The molecule has 5 heteroatoms. The van der Waals surface area contributed by atoms with Crippen LogP contribution < -0.4 is 9.64 Å². The summed E-state index contributed by atoms with van der Waals surface area (Å²) < 4.78 is 5.16. The number of benzene rings is 2. The number of aliphatic carboxylic acids is 1. The van der Waals surface area contributed by atoms with Gasteiger partial charge in [-0.15, -0.1) is 0 Å². The number of carbonyl (C=O) groups is 2. The number of ether oxygens (including phenoxy) is 1. The van der Waals surface area contributed by atoms with E-state index in [4.69, 9.17) is 4.74 Å². The van der Waals surface area contributed by atoms with E-state index in [1.54, 1.807) is 36.3 Å². The Balaban J connectivity index is 2.07. The molecule has 124 valence electrons. The number of carbonyl (C=O) groups excluding carboxylic acids is 1. The summed E-state index contributed by atoms with van der Waals surface area (Å²) >= 11 is 0. The fraction of sp³-hybridized carbons (Fsp3) is 0.263. The van der Waals surface area contributed by atoms with Gasteiger partial charge in [-0.3, -0.25) is 9.59 Å². The van der Waals surface area contributed by atoms with Crippen LogP contribution in [0.2, 0.25) is 0 Å². The molecule has 1 heterocycles. The van der Waals surface area contributed by atoms with Gasteiger partial charge in [-0.05, 0) is 36.2 Å². The van der Waals surface area contributed by atoms with Gasteiger partial charge in [0.1, 0.15) is 5.75 Å². The Labute approximate surface area is 140 Å². The van der Waals surface area contributed by atoms with Crippen molar-refractivity contribution in [2.24, 2.45) is 5.92 Å². The molecule has 0 unspecified atom stereocenters. The van der Waals surface area contributed by atoms with E-state index in [1.165, 1.54) is 0 Å². The second-order valence-electron chi connectivity index (χ2n) is 5.80. The molecule has 0 bridgehead atoms. The zero-order chi connectivity index (χ0) is 17.1. The number of carboxylic acid groups (broad SMARTS) is 1. The van der Waals surface area contributed by atoms with Crippen LogP contribution >= 0.6 is 0 Å². The molecule has 0 aliphatic carbocycles. The summed E-state index contributed by atoms with van der Waals surface area (Å²) in [6.07, 6.45) is 0.576. The first-order chi connectivity index (χ1) is 11.6. The molecule has 1 amide bonds. The Bertz CT molecular complexity index is 727.